The molecular formula is C37H30N4O4. The summed E-state index contributed by atoms with van der Waals surface area (Å²) in [5.41, 5.74) is 3.60. The van der Waals surface area contributed by atoms with E-state index in [0.29, 0.717) is 45.9 Å². The molecule has 0 radical (unpaired) electrons. The molecule has 222 valence electrons. The summed E-state index contributed by atoms with van der Waals surface area (Å²) in [7, 11) is 5.57. The van der Waals surface area contributed by atoms with Crippen molar-refractivity contribution in [1.29, 1.82) is 0 Å². The van der Waals surface area contributed by atoms with Gasteiger partial charge in [-0.15, -0.1) is 0 Å². The number of benzene rings is 5. The minimum Gasteiger partial charge on any atom is -0.496 e. The van der Waals surface area contributed by atoms with Crippen LogP contribution in [0.1, 0.15) is 11.1 Å². The summed E-state index contributed by atoms with van der Waals surface area (Å²) in [5.74, 6) is 1.96. The molecule has 2 aromatic heterocycles. The maximum Gasteiger partial charge on any atom is 0.282 e. The Balaban J connectivity index is 1.33. The molecule has 0 amide bonds. The Morgan fingerprint density at radius 1 is 0.844 bits per heavy atom. The van der Waals surface area contributed by atoms with Gasteiger partial charge in [0, 0.05) is 31.4 Å². The molecule has 0 aliphatic rings. The van der Waals surface area contributed by atoms with Crippen LogP contribution in [0, 0.1) is 0 Å². The predicted molar refractivity (Wildman–Crippen MR) is 180 cm³/mol. The average molecular weight is 595 g/mol. The van der Waals surface area contributed by atoms with Gasteiger partial charge in [-0.1, -0.05) is 60.7 Å². The van der Waals surface area contributed by atoms with Crippen molar-refractivity contribution >= 4 is 44.5 Å². The van der Waals surface area contributed by atoms with Crippen LogP contribution in [0.25, 0.3) is 44.2 Å². The van der Waals surface area contributed by atoms with Crippen LogP contribution < -0.4 is 19.9 Å². The Bertz CT molecular complexity index is 2280. The second-order valence-corrected chi connectivity index (χ2v) is 10.8. The van der Waals surface area contributed by atoms with Crippen molar-refractivity contribution in [2.75, 3.05) is 26.1 Å². The lowest BCUT2D eigenvalue weighted by atomic mass is 10.1. The molecule has 45 heavy (non-hydrogen) atoms. The number of methoxy groups -OCH3 is 1. The zero-order valence-electron chi connectivity index (χ0n) is 25.1. The molecule has 7 aromatic rings. The Kier molecular flexibility index (Phi) is 7.23. The lowest BCUT2D eigenvalue weighted by Crippen LogP contribution is -2.20. The number of ether oxygens (including phenoxy) is 2. The largest absolute Gasteiger partial charge is 0.496 e. The van der Waals surface area contributed by atoms with Crippen LogP contribution in [0.2, 0.25) is 0 Å². The van der Waals surface area contributed by atoms with Crippen molar-refractivity contribution in [2.45, 2.75) is 6.61 Å². The van der Waals surface area contributed by atoms with Gasteiger partial charge in [-0.3, -0.25) is 4.79 Å². The van der Waals surface area contributed by atoms with Crippen molar-refractivity contribution in [3.63, 3.8) is 0 Å². The van der Waals surface area contributed by atoms with Crippen LogP contribution in [-0.4, -0.2) is 37.1 Å². The van der Waals surface area contributed by atoms with Gasteiger partial charge in [0.25, 0.3) is 5.56 Å². The van der Waals surface area contributed by atoms with E-state index in [2.05, 4.69) is 29.4 Å². The molecule has 0 saturated heterocycles. The number of rotatable bonds is 8. The lowest BCUT2D eigenvalue weighted by molar-refractivity contribution is 0.307. The first kappa shape index (κ1) is 27.9. The molecule has 7 rings (SSSR count). The summed E-state index contributed by atoms with van der Waals surface area (Å²) in [6.45, 7) is 0.364. The molecule has 0 N–H and O–H groups in total. The van der Waals surface area contributed by atoms with Gasteiger partial charge in [0.2, 0.25) is 5.82 Å². The monoisotopic (exact) mass is 594 g/mol. The molecule has 0 atom stereocenters. The number of aromatic nitrogens is 2. The summed E-state index contributed by atoms with van der Waals surface area (Å²) < 4.78 is 19.4. The van der Waals surface area contributed by atoms with Crippen molar-refractivity contribution < 1.29 is 13.9 Å². The van der Waals surface area contributed by atoms with Crippen LogP contribution in [0.4, 0.5) is 5.69 Å². The third-order valence-electron chi connectivity index (χ3n) is 7.80. The van der Waals surface area contributed by atoms with Crippen LogP contribution >= 0.6 is 0 Å². The lowest BCUT2D eigenvalue weighted by Gasteiger charge is -2.16. The maximum absolute atomic E-state index is 13.9. The van der Waals surface area contributed by atoms with Gasteiger partial charge >= 0.3 is 0 Å². The molecular weight excluding hydrogens is 564 g/mol. The van der Waals surface area contributed by atoms with E-state index in [4.69, 9.17) is 18.9 Å². The molecule has 0 unspecified atom stereocenters. The number of nitrogens with zero attached hydrogens (tertiary/aromatic N) is 4. The predicted octanol–water partition coefficient (Wildman–Crippen LogP) is 7.50. The fourth-order valence-corrected chi connectivity index (χ4v) is 5.44. The Labute approximate surface area is 259 Å². The van der Waals surface area contributed by atoms with Crippen molar-refractivity contribution in [2.24, 2.45) is 5.10 Å². The minimum atomic E-state index is -0.317. The topological polar surface area (TPSA) is 82.1 Å². The van der Waals surface area contributed by atoms with E-state index < -0.39 is 0 Å². The quantitative estimate of drug-likeness (QED) is 0.170. The molecule has 5 aromatic carbocycles. The summed E-state index contributed by atoms with van der Waals surface area (Å²) in [6, 6.07) is 34.9. The number of hydrogen-bond acceptors (Lipinski definition) is 7. The third-order valence-corrected chi connectivity index (χ3v) is 7.80. The number of para-hydroxylation sites is 1. The molecule has 2 heterocycles. The summed E-state index contributed by atoms with van der Waals surface area (Å²) >= 11 is 0. The maximum atomic E-state index is 13.9. The van der Waals surface area contributed by atoms with E-state index in [1.54, 1.807) is 25.5 Å². The summed E-state index contributed by atoms with van der Waals surface area (Å²) in [5, 5.41) is 8.20. The normalized spacial score (nSPS) is 11.5. The van der Waals surface area contributed by atoms with Gasteiger partial charge in [0.1, 0.15) is 23.7 Å². The highest BCUT2D eigenvalue weighted by Gasteiger charge is 2.18. The van der Waals surface area contributed by atoms with E-state index >= 15 is 0 Å². The summed E-state index contributed by atoms with van der Waals surface area (Å²) in [4.78, 5) is 20.7. The fourth-order valence-electron chi connectivity index (χ4n) is 5.44. The molecule has 0 saturated carbocycles. The van der Waals surface area contributed by atoms with Gasteiger partial charge in [0.05, 0.1) is 29.6 Å². The van der Waals surface area contributed by atoms with Crippen LogP contribution in [0.15, 0.2) is 124 Å². The van der Waals surface area contributed by atoms with Crippen molar-refractivity contribution in [3.8, 4) is 23.1 Å². The SMILES string of the molecule is COc1cccc2oc(-c3nc4ccccc4c(=O)n3N=Cc3ccc(N(C)C)cc3OCc3cccc4ccccc34)cc12. The van der Waals surface area contributed by atoms with Crippen molar-refractivity contribution in [3.05, 3.63) is 131 Å². The van der Waals surface area contributed by atoms with Gasteiger partial charge < -0.3 is 18.8 Å². The van der Waals surface area contributed by atoms with E-state index in [9.17, 15) is 4.79 Å². The second-order valence-electron chi connectivity index (χ2n) is 10.8. The van der Waals surface area contributed by atoms with E-state index in [0.717, 1.165) is 27.4 Å². The third kappa shape index (κ3) is 5.27. The Morgan fingerprint density at radius 2 is 1.62 bits per heavy atom. The number of anilines is 1. The van der Waals surface area contributed by atoms with Gasteiger partial charge in [-0.2, -0.15) is 9.78 Å². The molecule has 0 aliphatic carbocycles. The molecule has 0 spiro atoms. The molecule has 8 nitrogen and oxygen atoms in total. The summed E-state index contributed by atoms with van der Waals surface area (Å²) in [6.07, 6.45) is 1.63. The van der Waals surface area contributed by atoms with Crippen LogP contribution in [0.5, 0.6) is 11.5 Å². The van der Waals surface area contributed by atoms with Crippen LogP contribution in [-0.2, 0) is 6.61 Å². The van der Waals surface area contributed by atoms with E-state index in [1.165, 1.54) is 4.68 Å². The Hall–Kier alpha value is -5.89. The Morgan fingerprint density at radius 3 is 2.47 bits per heavy atom. The van der Waals surface area contributed by atoms with Gasteiger partial charge in [-0.25, -0.2) is 4.98 Å². The highest BCUT2D eigenvalue weighted by Crippen LogP contribution is 2.33. The smallest absolute Gasteiger partial charge is 0.282 e. The molecule has 0 aliphatic heterocycles. The number of furan rings is 1. The number of fused-ring (bicyclic) bond motifs is 3. The van der Waals surface area contributed by atoms with E-state index in [1.807, 2.05) is 91.8 Å². The highest BCUT2D eigenvalue weighted by atomic mass is 16.5. The fraction of sp³-hybridized carbons (Fsp3) is 0.108. The zero-order valence-corrected chi connectivity index (χ0v) is 25.1. The molecule has 0 fully saturated rings. The van der Waals surface area contributed by atoms with Gasteiger partial charge in [0.15, 0.2) is 5.76 Å². The average Bonchev–Trinajstić information content (AvgIpc) is 3.51. The molecule has 0 bridgehead atoms. The van der Waals surface area contributed by atoms with Crippen LogP contribution in [0.3, 0.4) is 0 Å². The molecule has 8 heteroatoms. The van der Waals surface area contributed by atoms with E-state index in [-0.39, 0.29) is 11.4 Å². The first-order valence-electron chi connectivity index (χ1n) is 14.5. The first-order chi connectivity index (χ1) is 22.0. The minimum absolute atomic E-state index is 0.274. The highest BCUT2D eigenvalue weighted by molar-refractivity contribution is 5.89. The zero-order chi connectivity index (χ0) is 30.9. The van der Waals surface area contributed by atoms with Gasteiger partial charge in [-0.05, 0) is 58.8 Å². The van der Waals surface area contributed by atoms with Crippen molar-refractivity contribution in [1.82, 2.24) is 9.66 Å². The second kappa shape index (κ2) is 11.7. The number of hydrogen-bond donors (Lipinski definition) is 0. The standard InChI is InChI=1S/C37H30N4O4/c1-40(2)27-19-18-25(34(20-27)44-23-26-12-8-11-24-10-4-5-13-28(24)26)22-38-41-36(39-31-15-7-6-14-29(31)37(41)42)35-21-30-32(43-3)16-9-17-33(30)45-35/h4-22H,23H2,1-3H3. The first-order valence-corrected chi connectivity index (χ1v) is 14.5.